The zero-order chi connectivity index (χ0) is 13.0. The van der Waals surface area contributed by atoms with E-state index in [4.69, 9.17) is 0 Å². The highest BCUT2D eigenvalue weighted by molar-refractivity contribution is 5.56. The predicted octanol–water partition coefficient (Wildman–Crippen LogP) is 1.71. The van der Waals surface area contributed by atoms with Gasteiger partial charge in [-0.2, -0.15) is 0 Å². The number of piperidine rings is 1. The van der Waals surface area contributed by atoms with Crippen LogP contribution in [0.25, 0.3) is 0 Å². The summed E-state index contributed by atoms with van der Waals surface area (Å²) in [6, 6.07) is 1.55. The Hall–Kier alpha value is -1.69. The maximum absolute atomic E-state index is 10.9. The maximum Gasteiger partial charge on any atom is 0.311 e. The summed E-state index contributed by atoms with van der Waals surface area (Å²) in [5.41, 5.74) is 0.852. The van der Waals surface area contributed by atoms with Gasteiger partial charge in [-0.05, 0) is 44.3 Å². The Morgan fingerprint density at radius 3 is 3.17 bits per heavy atom. The van der Waals surface area contributed by atoms with E-state index in [1.165, 1.54) is 0 Å². The van der Waals surface area contributed by atoms with Crippen molar-refractivity contribution < 1.29 is 4.92 Å². The first kappa shape index (κ1) is 12.8. The topological polar surface area (TPSA) is 80.1 Å². The molecule has 1 aromatic heterocycles. The maximum atomic E-state index is 10.9. The number of pyridine rings is 1. The fraction of sp³-hybridized carbons (Fsp3) is 0.583. The average molecular weight is 250 g/mol. The zero-order valence-corrected chi connectivity index (χ0v) is 10.5. The lowest BCUT2D eigenvalue weighted by molar-refractivity contribution is -0.384. The fourth-order valence-electron chi connectivity index (χ4n) is 2.17. The van der Waals surface area contributed by atoms with Crippen molar-refractivity contribution in [2.45, 2.75) is 19.8 Å². The van der Waals surface area contributed by atoms with Crippen molar-refractivity contribution in [3.05, 3.63) is 27.9 Å². The van der Waals surface area contributed by atoms with Crippen LogP contribution in [0.2, 0.25) is 0 Å². The summed E-state index contributed by atoms with van der Waals surface area (Å²) >= 11 is 0. The molecule has 0 aliphatic carbocycles. The van der Waals surface area contributed by atoms with E-state index in [1.807, 2.05) is 0 Å². The minimum atomic E-state index is -0.387. The van der Waals surface area contributed by atoms with Gasteiger partial charge in [0, 0.05) is 18.8 Å². The summed E-state index contributed by atoms with van der Waals surface area (Å²) < 4.78 is 0. The molecule has 0 saturated carbocycles. The third kappa shape index (κ3) is 3.16. The second-order valence-electron chi connectivity index (χ2n) is 4.73. The van der Waals surface area contributed by atoms with Gasteiger partial charge in [-0.3, -0.25) is 10.1 Å². The second-order valence-corrected chi connectivity index (χ2v) is 4.73. The van der Waals surface area contributed by atoms with Crippen molar-refractivity contribution in [2.75, 3.05) is 25.0 Å². The summed E-state index contributed by atoms with van der Waals surface area (Å²) in [4.78, 5) is 14.7. The summed E-state index contributed by atoms with van der Waals surface area (Å²) in [7, 11) is 0. The van der Waals surface area contributed by atoms with Crippen molar-refractivity contribution in [1.82, 2.24) is 10.3 Å². The molecule has 1 unspecified atom stereocenters. The molecular weight excluding hydrogens is 232 g/mol. The van der Waals surface area contributed by atoms with E-state index in [-0.39, 0.29) is 10.6 Å². The quantitative estimate of drug-likeness (QED) is 0.628. The van der Waals surface area contributed by atoms with Gasteiger partial charge in [-0.15, -0.1) is 0 Å². The van der Waals surface area contributed by atoms with Crippen molar-refractivity contribution in [2.24, 2.45) is 5.92 Å². The number of hydrogen-bond acceptors (Lipinski definition) is 5. The summed E-state index contributed by atoms with van der Waals surface area (Å²) in [6.45, 7) is 4.56. The Balaban J connectivity index is 2.01. The molecule has 98 valence electrons. The summed E-state index contributed by atoms with van der Waals surface area (Å²) in [6.07, 6.45) is 3.96. The Kier molecular flexibility index (Phi) is 4.09. The third-order valence-electron chi connectivity index (χ3n) is 3.16. The summed E-state index contributed by atoms with van der Waals surface area (Å²) in [5, 5.41) is 17.4. The van der Waals surface area contributed by atoms with Gasteiger partial charge in [0.2, 0.25) is 5.82 Å². The zero-order valence-electron chi connectivity index (χ0n) is 10.5. The van der Waals surface area contributed by atoms with Crippen molar-refractivity contribution in [3.8, 4) is 0 Å². The van der Waals surface area contributed by atoms with Crippen LogP contribution >= 0.6 is 0 Å². The van der Waals surface area contributed by atoms with Gasteiger partial charge in [0.15, 0.2) is 0 Å². The second kappa shape index (κ2) is 5.77. The number of aromatic nitrogens is 1. The van der Waals surface area contributed by atoms with Gasteiger partial charge in [-0.1, -0.05) is 0 Å². The van der Waals surface area contributed by atoms with Crippen LogP contribution in [0.5, 0.6) is 0 Å². The van der Waals surface area contributed by atoms with E-state index in [0.717, 1.165) is 38.0 Å². The molecule has 2 N–H and O–H groups in total. The molecule has 0 aromatic carbocycles. The van der Waals surface area contributed by atoms with Gasteiger partial charge in [0.1, 0.15) is 0 Å². The Morgan fingerprint density at radius 2 is 2.50 bits per heavy atom. The van der Waals surface area contributed by atoms with E-state index in [2.05, 4.69) is 15.6 Å². The predicted molar refractivity (Wildman–Crippen MR) is 69.7 cm³/mol. The van der Waals surface area contributed by atoms with E-state index in [1.54, 1.807) is 19.2 Å². The number of anilines is 1. The highest BCUT2D eigenvalue weighted by Crippen LogP contribution is 2.23. The molecule has 1 fully saturated rings. The number of hydrogen-bond donors (Lipinski definition) is 2. The minimum Gasteiger partial charge on any atom is -0.364 e. The van der Waals surface area contributed by atoms with E-state index in [9.17, 15) is 10.1 Å². The minimum absolute atomic E-state index is 0.0544. The van der Waals surface area contributed by atoms with E-state index in [0.29, 0.717) is 11.7 Å². The van der Waals surface area contributed by atoms with Crippen molar-refractivity contribution in [1.29, 1.82) is 0 Å². The molecule has 1 atom stereocenters. The first-order valence-corrected chi connectivity index (χ1v) is 6.22. The van der Waals surface area contributed by atoms with Gasteiger partial charge in [-0.25, -0.2) is 4.98 Å². The number of nitrogens with one attached hydrogen (secondary N) is 2. The molecule has 2 rings (SSSR count). The third-order valence-corrected chi connectivity index (χ3v) is 3.16. The largest absolute Gasteiger partial charge is 0.364 e. The molecule has 0 bridgehead atoms. The highest BCUT2D eigenvalue weighted by atomic mass is 16.6. The molecule has 1 saturated heterocycles. The fourth-order valence-corrected chi connectivity index (χ4v) is 2.17. The van der Waals surface area contributed by atoms with Crippen LogP contribution in [0, 0.1) is 23.0 Å². The summed E-state index contributed by atoms with van der Waals surface area (Å²) in [5.74, 6) is 0.887. The molecule has 0 amide bonds. The first-order chi connectivity index (χ1) is 8.66. The van der Waals surface area contributed by atoms with Crippen LogP contribution in [0.1, 0.15) is 18.4 Å². The van der Waals surface area contributed by atoms with Gasteiger partial charge >= 0.3 is 5.69 Å². The van der Waals surface area contributed by atoms with Crippen LogP contribution in [-0.4, -0.2) is 29.5 Å². The lowest BCUT2D eigenvalue weighted by Crippen LogP contribution is -2.33. The van der Waals surface area contributed by atoms with Crippen LogP contribution in [0.15, 0.2) is 12.3 Å². The Morgan fingerprint density at radius 1 is 1.67 bits per heavy atom. The number of aryl methyl sites for hydroxylation is 1. The van der Waals surface area contributed by atoms with Crippen LogP contribution in [-0.2, 0) is 0 Å². The van der Waals surface area contributed by atoms with Gasteiger partial charge in [0.05, 0.1) is 4.92 Å². The number of rotatable bonds is 4. The molecule has 0 spiro atoms. The molecule has 0 radical (unpaired) electrons. The lowest BCUT2D eigenvalue weighted by atomic mass is 10.00. The normalized spacial score (nSPS) is 19.5. The van der Waals surface area contributed by atoms with Gasteiger partial charge < -0.3 is 10.6 Å². The first-order valence-electron chi connectivity index (χ1n) is 6.22. The average Bonchev–Trinajstić information content (AvgIpc) is 2.38. The van der Waals surface area contributed by atoms with Crippen LogP contribution in [0.3, 0.4) is 0 Å². The molecule has 18 heavy (non-hydrogen) atoms. The molecule has 2 heterocycles. The van der Waals surface area contributed by atoms with Crippen molar-refractivity contribution in [3.63, 3.8) is 0 Å². The lowest BCUT2D eigenvalue weighted by Gasteiger charge is -2.23. The number of nitro groups is 1. The van der Waals surface area contributed by atoms with Crippen molar-refractivity contribution >= 4 is 11.5 Å². The van der Waals surface area contributed by atoms with E-state index < -0.39 is 0 Å². The SMILES string of the molecule is Cc1cnc(NCC2CCCNC2)c([N+](=O)[O-])c1. The monoisotopic (exact) mass is 250 g/mol. The molecule has 1 aromatic rings. The van der Waals surface area contributed by atoms with E-state index >= 15 is 0 Å². The number of nitrogens with zero attached hydrogens (tertiary/aromatic N) is 2. The molecule has 6 nitrogen and oxygen atoms in total. The smallest absolute Gasteiger partial charge is 0.311 e. The molecule has 1 aliphatic heterocycles. The molecule has 6 heteroatoms. The molecule has 1 aliphatic rings. The highest BCUT2D eigenvalue weighted by Gasteiger charge is 2.18. The van der Waals surface area contributed by atoms with Crippen LogP contribution in [0.4, 0.5) is 11.5 Å². The van der Waals surface area contributed by atoms with Gasteiger partial charge in [0.25, 0.3) is 0 Å². The Bertz CT molecular complexity index is 430. The van der Waals surface area contributed by atoms with Crippen LogP contribution < -0.4 is 10.6 Å². The Labute approximate surface area is 106 Å². The standard InChI is InChI=1S/C12H18N4O2/c1-9-5-11(16(17)18)12(14-6-9)15-8-10-3-2-4-13-7-10/h5-6,10,13H,2-4,7-8H2,1H3,(H,14,15). The molecular formula is C12H18N4O2.